The van der Waals surface area contributed by atoms with Crippen LogP contribution >= 0.6 is 0 Å². The fourth-order valence-corrected chi connectivity index (χ4v) is 4.98. The van der Waals surface area contributed by atoms with Crippen LogP contribution in [0.25, 0.3) is 0 Å². The van der Waals surface area contributed by atoms with E-state index >= 15 is 0 Å². The standard InChI is InChI=1S/C25H32N2O/c1-16(2)21-8-6-7-19-14-27(15-22(19)21)12-11-18-9-10-20-13-26(5)25(28)24(20)23(18)17(3)4/h6-10,16-17H,11-15H2,1-5H3. The zero-order valence-electron chi connectivity index (χ0n) is 17.9. The first-order valence-electron chi connectivity index (χ1n) is 10.6. The molecule has 0 aliphatic carbocycles. The molecule has 148 valence electrons. The van der Waals surface area contributed by atoms with Crippen molar-refractivity contribution in [1.82, 2.24) is 9.80 Å². The van der Waals surface area contributed by atoms with Crippen molar-refractivity contribution in [2.24, 2.45) is 0 Å². The lowest BCUT2D eigenvalue weighted by atomic mass is 9.88. The summed E-state index contributed by atoms with van der Waals surface area (Å²) in [7, 11) is 1.90. The summed E-state index contributed by atoms with van der Waals surface area (Å²) in [6.07, 6.45) is 1.00. The van der Waals surface area contributed by atoms with Crippen LogP contribution in [0.4, 0.5) is 0 Å². The van der Waals surface area contributed by atoms with E-state index in [1.165, 1.54) is 33.4 Å². The van der Waals surface area contributed by atoms with Crippen LogP contribution in [0.15, 0.2) is 30.3 Å². The third kappa shape index (κ3) is 3.26. The van der Waals surface area contributed by atoms with Gasteiger partial charge in [0, 0.05) is 38.8 Å². The van der Waals surface area contributed by atoms with Crippen LogP contribution in [0.3, 0.4) is 0 Å². The predicted molar refractivity (Wildman–Crippen MR) is 115 cm³/mol. The summed E-state index contributed by atoms with van der Waals surface area (Å²) in [4.78, 5) is 17.1. The fourth-order valence-electron chi connectivity index (χ4n) is 4.98. The molecule has 3 nitrogen and oxygen atoms in total. The van der Waals surface area contributed by atoms with E-state index < -0.39 is 0 Å². The first-order valence-corrected chi connectivity index (χ1v) is 10.6. The van der Waals surface area contributed by atoms with Gasteiger partial charge in [-0.15, -0.1) is 0 Å². The molecule has 0 unspecified atom stereocenters. The van der Waals surface area contributed by atoms with E-state index in [0.717, 1.165) is 38.2 Å². The molecular formula is C25H32N2O. The molecule has 1 amide bonds. The maximum absolute atomic E-state index is 12.7. The van der Waals surface area contributed by atoms with Crippen molar-refractivity contribution in [1.29, 1.82) is 0 Å². The van der Waals surface area contributed by atoms with Crippen LogP contribution in [0.1, 0.15) is 83.3 Å². The van der Waals surface area contributed by atoms with E-state index in [0.29, 0.717) is 11.8 Å². The maximum Gasteiger partial charge on any atom is 0.254 e. The summed E-state index contributed by atoms with van der Waals surface area (Å²) >= 11 is 0. The minimum absolute atomic E-state index is 0.190. The summed E-state index contributed by atoms with van der Waals surface area (Å²) in [5, 5.41) is 0. The Labute approximate surface area is 169 Å². The van der Waals surface area contributed by atoms with Gasteiger partial charge in [-0.05, 0) is 51.6 Å². The average molecular weight is 377 g/mol. The van der Waals surface area contributed by atoms with Crippen molar-refractivity contribution in [3.63, 3.8) is 0 Å². The number of hydrogen-bond donors (Lipinski definition) is 0. The van der Waals surface area contributed by atoms with Crippen LogP contribution in [0.5, 0.6) is 0 Å². The number of fused-ring (bicyclic) bond motifs is 2. The number of carbonyl (C=O) groups excluding carboxylic acids is 1. The van der Waals surface area contributed by atoms with E-state index in [1.807, 2.05) is 11.9 Å². The molecule has 0 fully saturated rings. The SMILES string of the molecule is CC(C)c1cccc2c1CN(CCc1ccc3c(c1C(C)C)C(=O)N(C)C3)C2. The Kier molecular flexibility index (Phi) is 5.05. The molecule has 0 atom stereocenters. The molecule has 0 spiro atoms. The quantitative estimate of drug-likeness (QED) is 0.727. The lowest BCUT2D eigenvalue weighted by Gasteiger charge is -2.20. The molecule has 0 bridgehead atoms. The second-order valence-corrected chi connectivity index (χ2v) is 9.09. The van der Waals surface area contributed by atoms with E-state index in [9.17, 15) is 4.79 Å². The lowest BCUT2D eigenvalue weighted by molar-refractivity contribution is 0.0815. The molecule has 2 heterocycles. The molecule has 2 aromatic carbocycles. The van der Waals surface area contributed by atoms with E-state index in [2.05, 4.69) is 62.9 Å². The second-order valence-electron chi connectivity index (χ2n) is 9.09. The normalized spacial score (nSPS) is 16.4. The average Bonchev–Trinajstić information content (AvgIpc) is 3.20. The van der Waals surface area contributed by atoms with E-state index in [4.69, 9.17) is 0 Å². The van der Waals surface area contributed by atoms with Gasteiger partial charge in [-0.1, -0.05) is 58.0 Å². The van der Waals surface area contributed by atoms with Crippen molar-refractivity contribution in [2.45, 2.75) is 65.6 Å². The highest BCUT2D eigenvalue weighted by Gasteiger charge is 2.30. The first-order chi connectivity index (χ1) is 13.4. The molecule has 2 aliphatic heterocycles. The van der Waals surface area contributed by atoms with Gasteiger partial charge in [0.1, 0.15) is 0 Å². The van der Waals surface area contributed by atoms with Crippen LogP contribution in [0, 0.1) is 0 Å². The van der Waals surface area contributed by atoms with Gasteiger partial charge in [0.15, 0.2) is 0 Å². The number of amides is 1. The van der Waals surface area contributed by atoms with Crippen LogP contribution in [-0.4, -0.2) is 29.3 Å². The summed E-state index contributed by atoms with van der Waals surface area (Å²) in [5.74, 6) is 1.13. The van der Waals surface area contributed by atoms with Gasteiger partial charge >= 0.3 is 0 Å². The van der Waals surface area contributed by atoms with Gasteiger partial charge in [0.25, 0.3) is 5.91 Å². The van der Waals surface area contributed by atoms with Crippen molar-refractivity contribution >= 4 is 5.91 Å². The Morgan fingerprint density at radius 3 is 2.43 bits per heavy atom. The molecule has 0 N–H and O–H groups in total. The number of rotatable bonds is 5. The van der Waals surface area contributed by atoms with E-state index in [-0.39, 0.29) is 5.91 Å². The lowest BCUT2D eigenvalue weighted by Crippen LogP contribution is -2.21. The summed E-state index contributed by atoms with van der Waals surface area (Å²) in [5.41, 5.74) is 9.29. The van der Waals surface area contributed by atoms with Gasteiger partial charge in [-0.3, -0.25) is 9.69 Å². The molecule has 2 aliphatic rings. The highest BCUT2D eigenvalue weighted by atomic mass is 16.2. The van der Waals surface area contributed by atoms with Crippen molar-refractivity contribution < 1.29 is 4.79 Å². The predicted octanol–water partition coefficient (Wildman–Crippen LogP) is 5.08. The Balaban J connectivity index is 1.54. The van der Waals surface area contributed by atoms with Gasteiger partial charge in [0.05, 0.1) is 0 Å². The molecule has 2 aromatic rings. The highest BCUT2D eigenvalue weighted by Crippen LogP contribution is 2.34. The van der Waals surface area contributed by atoms with Crippen molar-refractivity contribution in [2.75, 3.05) is 13.6 Å². The third-order valence-electron chi connectivity index (χ3n) is 6.37. The molecule has 28 heavy (non-hydrogen) atoms. The number of hydrogen-bond acceptors (Lipinski definition) is 2. The summed E-state index contributed by atoms with van der Waals surface area (Å²) in [6.45, 7) is 12.9. The Morgan fingerprint density at radius 1 is 0.929 bits per heavy atom. The maximum atomic E-state index is 12.7. The van der Waals surface area contributed by atoms with Crippen molar-refractivity contribution in [3.8, 4) is 0 Å². The molecule has 0 radical (unpaired) electrons. The Hall–Kier alpha value is -2.13. The number of nitrogens with zero attached hydrogens (tertiary/aromatic N) is 2. The van der Waals surface area contributed by atoms with E-state index in [1.54, 1.807) is 0 Å². The smallest absolute Gasteiger partial charge is 0.254 e. The zero-order chi connectivity index (χ0) is 20.0. The zero-order valence-corrected chi connectivity index (χ0v) is 17.9. The molecule has 0 saturated carbocycles. The van der Waals surface area contributed by atoms with Gasteiger partial charge in [0.2, 0.25) is 0 Å². The van der Waals surface area contributed by atoms with Crippen LogP contribution in [0.2, 0.25) is 0 Å². The molecule has 4 rings (SSSR count). The van der Waals surface area contributed by atoms with Gasteiger partial charge in [-0.2, -0.15) is 0 Å². The Morgan fingerprint density at radius 2 is 1.71 bits per heavy atom. The fraction of sp³-hybridized carbons (Fsp3) is 0.480. The molecule has 3 heteroatoms. The second kappa shape index (κ2) is 7.36. The first kappa shape index (κ1) is 19.2. The summed E-state index contributed by atoms with van der Waals surface area (Å²) < 4.78 is 0. The Bertz CT molecular complexity index is 913. The minimum atomic E-state index is 0.190. The largest absolute Gasteiger partial charge is 0.337 e. The number of benzene rings is 2. The van der Waals surface area contributed by atoms with Crippen LogP contribution in [-0.2, 0) is 26.1 Å². The monoisotopic (exact) mass is 376 g/mol. The molecule has 0 saturated heterocycles. The van der Waals surface area contributed by atoms with Gasteiger partial charge in [-0.25, -0.2) is 0 Å². The highest BCUT2D eigenvalue weighted by molar-refractivity contribution is 6.00. The summed E-state index contributed by atoms with van der Waals surface area (Å²) in [6, 6.07) is 11.2. The topological polar surface area (TPSA) is 23.6 Å². The third-order valence-corrected chi connectivity index (χ3v) is 6.37. The minimum Gasteiger partial charge on any atom is -0.337 e. The molecule has 0 aromatic heterocycles. The van der Waals surface area contributed by atoms with Crippen LogP contribution < -0.4 is 0 Å². The number of carbonyl (C=O) groups is 1. The van der Waals surface area contributed by atoms with Gasteiger partial charge < -0.3 is 4.90 Å². The van der Waals surface area contributed by atoms with Crippen molar-refractivity contribution in [3.05, 3.63) is 69.3 Å². The molecular weight excluding hydrogens is 344 g/mol.